The number of rotatable bonds is 6. The highest BCUT2D eigenvalue weighted by Crippen LogP contribution is 2.50. The number of carbonyl (C=O) groups excluding carboxylic acids is 6. The lowest BCUT2D eigenvalue weighted by Crippen LogP contribution is -2.27. The van der Waals surface area contributed by atoms with Crippen LogP contribution in [0.25, 0.3) is 33.4 Å². The lowest BCUT2D eigenvalue weighted by molar-refractivity contribution is -0.121. The van der Waals surface area contributed by atoms with E-state index >= 15 is 0 Å². The second-order valence-corrected chi connectivity index (χ2v) is 27.5. The number of hydrogen-bond acceptors (Lipinski definition) is 6. The van der Waals surface area contributed by atoms with Gasteiger partial charge in [0.25, 0.3) is 0 Å². The average Bonchev–Trinajstić information content (AvgIpc) is 1.63. The number of aryl methyl sites for hydroxylation is 6. The summed E-state index contributed by atoms with van der Waals surface area (Å²) in [5.41, 5.74) is 52.5. The third kappa shape index (κ3) is 15.1. The number of primary amides is 6. The van der Waals surface area contributed by atoms with E-state index in [1.165, 1.54) is 44.5 Å². The number of carbonyl (C=O) groups is 6. The molecule has 12 nitrogen and oxygen atoms in total. The SMILES string of the molecule is C.[2H]C1([2H])C2=C(Cc3ccc(C)cc32)[C@@H](C(N)=O)C([2H])([2H])C1([2H])[2H].[2H]C1([2H])C2=C(Cc3ccc(C)cc32)[C@@]([2H])(C(N)=O)C([2H])([2H])C1([2H])[2H].[2H]C1([2H])C2=C(Cc3ccc(C)cc32)[C@H](C(N)=O)C([2H])([2H])C1([2H])[2H].[2H]C1([2H])C2=C(Cc3ccc(C)cc32)[C@]([2H])(C(N)=O)C([2H])([2H])C1([2H])[2H].[2H][C@@]1(C(N)=O)CCCC2=C1Cc1ccc(C)cc12.[2H][C@]1(C(N)=O)CCCC2=C1Cc1ccc(C)cc12. The number of allylic oxidation sites excluding steroid dienone is 6. The van der Waals surface area contributed by atoms with Crippen LogP contribution in [0.4, 0.5) is 0 Å². The third-order valence-electron chi connectivity index (χ3n) is 20.5. The molecule has 6 amide bonds. The first-order valence-corrected chi connectivity index (χ1v) is 34.3. The molecule has 0 unspecified atom stereocenters. The molecule has 12 N–H and O–H groups in total. The van der Waals surface area contributed by atoms with Gasteiger partial charge < -0.3 is 34.4 Å². The summed E-state index contributed by atoms with van der Waals surface area (Å²) in [6.45, 7) is 11.4. The highest BCUT2D eigenvalue weighted by Gasteiger charge is 2.39. The standard InChI is InChI=1S/6C15H17NO.CH4/c6*1-9-5-6-10-8-14-11(13(10)7-9)3-2-4-12(14)15(16)17;/h6*5-7,12H,2-4,8H2,1H3,(H2,16,17);1H4/t6*12-;/m111000./s1/i2D2,3D2,4D2,12D;2D2,3D2,4D2;12D;2D2,3D2,4D2,12D;2D2,3D2,4D2;12D;. The van der Waals surface area contributed by atoms with E-state index in [1.807, 2.05) is 38.1 Å². The van der Waals surface area contributed by atoms with Crippen molar-refractivity contribution >= 4 is 68.9 Å². The van der Waals surface area contributed by atoms with Gasteiger partial charge in [0, 0.05) is 38.4 Å². The molecule has 6 aromatic rings. The Morgan fingerprint density at radius 2 is 0.534 bits per heavy atom. The molecule has 6 aromatic carbocycles. The molecular formula is C91H106N6O6. The normalized spacial score (nSPS) is 34.8. The fourth-order valence-electron chi connectivity index (χ4n) is 15.6. The van der Waals surface area contributed by atoms with Gasteiger partial charge in [-0.2, -0.15) is 0 Å². The van der Waals surface area contributed by atoms with Crippen molar-refractivity contribution in [3.8, 4) is 0 Å². The molecule has 0 heterocycles. The van der Waals surface area contributed by atoms with E-state index in [2.05, 4.69) is 50.2 Å². The Balaban J connectivity index is 0.000000142. The number of benzene rings is 6. The minimum absolute atomic E-state index is 0. The fourth-order valence-corrected chi connectivity index (χ4v) is 15.6. The molecule has 103 heavy (non-hydrogen) atoms. The largest absolute Gasteiger partial charge is 0.369 e. The summed E-state index contributed by atoms with van der Waals surface area (Å²) in [6, 6.07) is 34.0. The van der Waals surface area contributed by atoms with Crippen molar-refractivity contribution in [3.05, 3.63) is 243 Å². The number of fused-ring (bicyclic) bond motifs is 12. The van der Waals surface area contributed by atoms with E-state index < -0.39 is 147 Å². The van der Waals surface area contributed by atoms with Crippen LogP contribution in [0.15, 0.2) is 143 Å². The molecule has 0 saturated heterocycles. The second-order valence-electron chi connectivity index (χ2n) is 27.5. The van der Waals surface area contributed by atoms with Gasteiger partial charge in [0.05, 0.1) is 35.4 Å². The molecule has 0 bridgehead atoms. The summed E-state index contributed by atoms with van der Waals surface area (Å²) in [4.78, 5) is 71.1. The Kier molecular flexibility index (Phi) is 13.7. The first-order chi connectivity index (χ1) is 59.5. The molecular weight excluding hydrogens is 1270 g/mol. The molecule has 0 radical (unpaired) electrons. The third-order valence-corrected chi connectivity index (χ3v) is 20.5. The van der Waals surface area contributed by atoms with E-state index in [9.17, 15) is 28.8 Å². The second kappa shape index (κ2) is 30.9. The Hall–Kier alpha value is -9.42. The van der Waals surface area contributed by atoms with E-state index in [1.54, 1.807) is 62.4 Å². The van der Waals surface area contributed by atoms with Gasteiger partial charge in [-0.1, -0.05) is 150 Å². The first kappa shape index (κ1) is 45.6. The quantitative estimate of drug-likeness (QED) is 0.0944. The average molecular weight is 1410 g/mol. The molecule has 12 aliphatic rings. The summed E-state index contributed by atoms with van der Waals surface area (Å²) in [5, 5.41) is 0. The van der Waals surface area contributed by atoms with Crippen molar-refractivity contribution in [1.82, 2.24) is 0 Å². The van der Waals surface area contributed by atoms with Gasteiger partial charge in [0.2, 0.25) is 35.4 Å². The summed E-state index contributed by atoms with van der Waals surface area (Å²) in [6.07, 6.45) is -27.5. The van der Waals surface area contributed by atoms with Gasteiger partial charge in [0.1, 0.15) is 0 Å². The van der Waals surface area contributed by atoms with Crippen molar-refractivity contribution in [1.29, 1.82) is 0 Å². The molecule has 6 atom stereocenters. The van der Waals surface area contributed by atoms with Crippen LogP contribution in [-0.2, 0) is 67.3 Å². The van der Waals surface area contributed by atoms with Crippen LogP contribution >= 0.6 is 0 Å². The summed E-state index contributed by atoms with van der Waals surface area (Å²) >= 11 is 0. The zero-order valence-electron chi connectivity index (χ0n) is 85.9. The van der Waals surface area contributed by atoms with Crippen molar-refractivity contribution in [2.75, 3.05) is 0 Å². The Morgan fingerprint density at radius 1 is 0.311 bits per heavy atom. The molecule has 0 aromatic heterocycles. The van der Waals surface area contributed by atoms with E-state index in [0.717, 1.165) is 83.1 Å². The molecule has 0 saturated carbocycles. The number of nitrogens with two attached hydrogens (primary N) is 6. The van der Waals surface area contributed by atoms with Gasteiger partial charge in [-0.05, 0) is 329 Å². The van der Waals surface area contributed by atoms with Crippen LogP contribution in [0, 0.1) is 77.0 Å². The van der Waals surface area contributed by atoms with Crippen molar-refractivity contribution in [2.24, 2.45) is 69.8 Å². The highest BCUT2D eigenvalue weighted by molar-refractivity contribution is 5.93. The van der Waals surface area contributed by atoms with Gasteiger partial charge in [-0.25, -0.2) is 0 Å². The highest BCUT2D eigenvalue weighted by atomic mass is 16.2. The zero-order chi connectivity index (χ0) is 97.2. The van der Waals surface area contributed by atoms with Crippen LogP contribution in [0.3, 0.4) is 0 Å². The van der Waals surface area contributed by atoms with E-state index in [0.29, 0.717) is 46.2 Å². The molecule has 536 valence electrons. The Bertz CT molecular complexity index is 5780. The molecule has 0 spiro atoms. The number of hydrogen-bond donors (Lipinski definition) is 6. The smallest absolute Gasteiger partial charge is 0.224 e. The maximum absolute atomic E-state index is 12.0. The van der Waals surface area contributed by atoms with Crippen LogP contribution in [-0.4, -0.2) is 35.4 Å². The van der Waals surface area contributed by atoms with Gasteiger partial charge in [0.15, 0.2) is 0 Å². The van der Waals surface area contributed by atoms with Crippen molar-refractivity contribution in [3.63, 3.8) is 0 Å². The Morgan fingerprint density at radius 3 is 0.786 bits per heavy atom. The van der Waals surface area contributed by atoms with Crippen LogP contribution in [0.2, 0.25) is 0 Å². The lowest BCUT2D eigenvalue weighted by Gasteiger charge is -2.22. The monoisotopic (exact) mass is 1410 g/mol. The molecule has 0 aliphatic heterocycles. The minimum atomic E-state index is -3.12. The topological polar surface area (TPSA) is 259 Å². The maximum Gasteiger partial charge on any atom is 0.224 e. The van der Waals surface area contributed by atoms with Crippen LogP contribution in [0.5, 0.6) is 0 Å². The summed E-state index contributed by atoms with van der Waals surface area (Å²) in [5.74, 6) is -16.2. The summed E-state index contributed by atoms with van der Waals surface area (Å²) < 4.78 is 229. The van der Waals surface area contributed by atoms with E-state index in [-0.39, 0.29) is 77.7 Å². The van der Waals surface area contributed by atoms with Gasteiger partial charge >= 0.3 is 0 Å². The number of amides is 6. The first-order valence-electron chi connectivity index (χ1n) is 48.3. The van der Waals surface area contributed by atoms with Crippen LogP contribution < -0.4 is 34.4 Å². The lowest BCUT2D eigenvalue weighted by atomic mass is 9.82. The molecule has 12 heteroatoms. The molecule has 12 aliphatic carbocycles. The molecule has 0 fully saturated rings. The predicted molar refractivity (Wildman–Crippen MR) is 417 cm³/mol. The fraction of sp³-hybridized carbons (Fsp3) is 0.407. The summed E-state index contributed by atoms with van der Waals surface area (Å²) in [7, 11) is 0. The zero-order valence-corrected chi connectivity index (χ0v) is 57.9. The van der Waals surface area contributed by atoms with Crippen LogP contribution in [0.1, 0.15) is 261 Å². The molecule has 18 rings (SSSR count). The Labute approximate surface area is 649 Å². The van der Waals surface area contributed by atoms with E-state index in [4.69, 9.17) is 72.8 Å². The van der Waals surface area contributed by atoms with Crippen molar-refractivity contribution in [2.45, 2.75) is 202 Å². The van der Waals surface area contributed by atoms with Crippen molar-refractivity contribution < 1.29 is 67.1 Å². The minimum Gasteiger partial charge on any atom is -0.369 e. The van der Waals surface area contributed by atoms with Gasteiger partial charge in [-0.3, -0.25) is 28.8 Å². The van der Waals surface area contributed by atoms with Gasteiger partial charge in [-0.15, -0.1) is 0 Å². The predicted octanol–water partition coefficient (Wildman–Crippen LogP) is 16.2. The maximum atomic E-state index is 12.0.